The normalized spacial score (nSPS) is 10.7. The molecular weight excluding hydrogens is 278 g/mol. The van der Waals surface area contributed by atoms with Crippen LogP contribution in [0.3, 0.4) is 0 Å². The lowest BCUT2D eigenvalue weighted by atomic mass is 10.3. The zero-order chi connectivity index (χ0) is 14.1. The average Bonchev–Trinajstić information content (AvgIpc) is 2.77. The van der Waals surface area contributed by atoms with Crippen LogP contribution >= 0.6 is 11.6 Å². The number of nitrogens with two attached hydrogens (primary N) is 1. The van der Waals surface area contributed by atoms with E-state index in [4.69, 9.17) is 21.8 Å². The van der Waals surface area contributed by atoms with E-state index >= 15 is 0 Å². The van der Waals surface area contributed by atoms with E-state index in [1.165, 1.54) is 0 Å². The molecule has 0 bridgehead atoms. The minimum absolute atomic E-state index is 0.0404. The Bertz CT molecular complexity index is 798. The van der Waals surface area contributed by atoms with Gasteiger partial charge in [0.2, 0.25) is 5.76 Å². The largest absolute Gasteiger partial charge is 0.447 e. The first-order valence-corrected chi connectivity index (χ1v) is 6.23. The monoisotopic (exact) mass is 287 g/mol. The highest BCUT2D eigenvalue weighted by molar-refractivity contribution is 6.31. The first-order chi connectivity index (χ1) is 9.65. The molecule has 0 spiro atoms. The van der Waals surface area contributed by atoms with E-state index in [1.807, 2.05) is 0 Å². The fraction of sp³-hybridized carbons (Fsp3) is 0. The molecule has 0 aliphatic carbocycles. The number of hydrogen-bond acceptors (Lipinski definition) is 4. The number of pyridine rings is 1. The molecule has 0 saturated heterocycles. The summed E-state index contributed by atoms with van der Waals surface area (Å²) in [6, 6.07) is 10.2. The predicted molar refractivity (Wildman–Crippen MR) is 77.8 cm³/mol. The van der Waals surface area contributed by atoms with E-state index in [1.54, 1.807) is 42.6 Å². The molecule has 2 aromatic heterocycles. The number of halogens is 1. The Balaban J connectivity index is 1.95. The number of hydrogen-bond donors (Lipinski definition) is 2. The number of nitrogens with zero attached hydrogens (tertiary/aromatic N) is 1. The van der Waals surface area contributed by atoms with Gasteiger partial charge < -0.3 is 15.5 Å². The molecule has 1 amide bonds. The van der Waals surface area contributed by atoms with Gasteiger partial charge in [-0.15, -0.1) is 0 Å². The van der Waals surface area contributed by atoms with E-state index in [-0.39, 0.29) is 11.4 Å². The molecule has 1 aromatic carbocycles. The van der Waals surface area contributed by atoms with Crippen molar-refractivity contribution < 1.29 is 9.21 Å². The summed E-state index contributed by atoms with van der Waals surface area (Å²) in [5.74, 6) is -0.401. The first kappa shape index (κ1) is 12.5. The van der Waals surface area contributed by atoms with Crippen LogP contribution in [0.1, 0.15) is 10.6 Å². The zero-order valence-corrected chi connectivity index (χ0v) is 11.0. The highest BCUT2D eigenvalue weighted by Crippen LogP contribution is 2.27. The smallest absolute Gasteiger partial charge is 0.293 e. The Morgan fingerprint density at radius 1 is 1.30 bits per heavy atom. The number of aromatic nitrogens is 1. The van der Waals surface area contributed by atoms with E-state index in [0.717, 1.165) is 0 Å². The molecule has 6 heteroatoms. The molecule has 0 fully saturated rings. The summed E-state index contributed by atoms with van der Waals surface area (Å²) >= 11 is 5.86. The second kappa shape index (κ2) is 4.86. The van der Waals surface area contributed by atoms with Gasteiger partial charge in [-0.1, -0.05) is 17.7 Å². The third-order valence-corrected chi connectivity index (χ3v) is 3.01. The SMILES string of the molecule is Nc1c(C(=O)Nc2cccc(Cl)c2)oc2cccnc12. The van der Waals surface area contributed by atoms with Gasteiger partial charge >= 0.3 is 0 Å². The summed E-state index contributed by atoms with van der Waals surface area (Å²) < 4.78 is 5.43. The van der Waals surface area contributed by atoms with Crippen LogP contribution in [-0.2, 0) is 0 Å². The van der Waals surface area contributed by atoms with Gasteiger partial charge in [0.15, 0.2) is 5.58 Å². The fourth-order valence-corrected chi connectivity index (χ4v) is 2.06. The number of nitrogens with one attached hydrogen (secondary N) is 1. The van der Waals surface area contributed by atoms with Gasteiger partial charge in [-0.3, -0.25) is 9.78 Å². The summed E-state index contributed by atoms with van der Waals surface area (Å²) in [5.41, 5.74) is 7.62. The van der Waals surface area contributed by atoms with Crippen molar-refractivity contribution in [3.8, 4) is 0 Å². The van der Waals surface area contributed by atoms with Gasteiger partial charge in [0, 0.05) is 16.9 Å². The van der Waals surface area contributed by atoms with Crippen molar-refractivity contribution in [2.75, 3.05) is 11.1 Å². The number of furan rings is 1. The maximum atomic E-state index is 12.2. The van der Waals surface area contributed by atoms with Gasteiger partial charge in [-0.25, -0.2) is 0 Å². The highest BCUT2D eigenvalue weighted by Gasteiger charge is 2.19. The summed E-state index contributed by atoms with van der Waals surface area (Å²) in [6.45, 7) is 0. The molecule has 0 aliphatic rings. The molecular formula is C14H10ClN3O2. The van der Waals surface area contributed by atoms with Crippen molar-refractivity contribution in [3.05, 3.63) is 53.4 Å². The number of benzene rings is 1. The third-order valence-electron chi connectivity index (χ3n) is 2.77. The molecule has 5 nitrogen and oxygen atoms in total. The lowest BCUT2D eigenvalue weighted by Crippen LogP contribution is -2.12. The van der Waals surface area contributed by atoms with Crippen LogP contribution in [0.25, 0.3) is 11.1 Å². The summed E-state index contributed by atoms with van der Waals surface area (Å²) in [5, 5.41) is 3.21. The highest BCUT2D eigenvalue weighted by atomic mass is 35.5. The maximum Gasteiger partial charge on any atom is 0.293 e. The number of fused-ring (bicyclic) bond motifs is 1. The predicted octanol–water partition coefficient (Wildman–Crippen LogP) is 3.32. The standard InChI is InChI=1S/C14H10ClN3O2/c15-8-3-1-4-9(7-8)18-14(19)13-11(16)12-10(20-13)5-2-6-17-12/h1-7H,16H2,(H,18,19). The molecule has 0 saturated carbocycles. The minimum atomic E-state index is -0.442. The number of anilines is 2. The van der Waals surface area contributed by atoms with Crippen LogP contribution in [0, 0.1) is 0 Å². The van der Waals surface area contributed by atoms with Crippen LogP contribution in [0.2, 0.25) is 5.02 Å². The Hall–Kier alpha value is -2.53. The summed E-state index contributed by atoms with van der Waals surface area (Å²) in [6.07, 6.45) is 1.59. The number of carbonyl (C=O) groups excluding carboxylic acids is 1. The number of amides is 1. The van der Waals surface area contributed by atoms with Gasteiger partial charge in [0.25, 0.3) is 5.91 Å². The van der Waals surface area contributed by atoms with E-state index in [0.29, 0.717) is 21.8 Å². The molecule has 0 radical (unpaired) electrons. The summed E-state index contributed by atoms with van der Waals surface area (Å²) in [7, 11) is 0. The molecule has 3 N–H and O–H groups in total. The van der Waals surface area contributed by atoms with Crippen LogP contribution in [-0.4, -0.2) is 10.9 Å². The summed E-state index contributed by atoms with van der Waals surface area (Å²) in [4.78, 5) is 16.2. The van der Waals surface area contributed by atoms with Crippen molar-refractivity contribution in [3.63, 3.8) is 0 Å². The fourth-order valence-electron chi connectivity index (χ4n) is 1.87. The molecule has 2 heterocycles. The molecule has 3 aromatic rings. The lowest BCUT2D eigenvalue weighted by Gasteiger charge is -2.03. The van der Waals surface area contributed by atoms with Gasteiger partial charge in [0.1, 0.15) is 11.2 Å². The van der Waals surface area contributed by atoms with Crippen LogP contribution in [0.15, 0.2) is 47.0 Å². The molecule has 0 aliphatic heterocycles. The zero-order valence-electron chi connectivity index (χ0n) is 10.3. The second-order valence-electron chi connectivity index (χ2n) is 4.16. The topological polar surface area (TPSA) is 81.2 Å². The average molecular weight is 288 g/mol. The van der Waals surface area contributed by atoms with Gasteiger partial charge in [0.05, 0.1) is 0 Å². The molecule has 0 unspecified atom stereocenters. The molecule has 3 rings (SSSR count). The van der Waals surface area contributed by atoms with Crippen LogP contribution in [0.5, 0.6) is 0 Å². The number of nitrogen functional groups attached to an aromatic ring is 1. The van der Waals surface area contributed by atoms with E-state index in [9.17, 15) is 4.79 Å². The van der Waals surface area contributed by atoms with E-state index in [2.05, 4.69) is 10.3 Å². The lowest BCUT2D eigenvalue weighted by molar-refractivity contribution is 0.1000. The molecule has 0 atom stereocenters. The van der Waals surface area contributed by atoms with Crippen LogP contribution < -0.4 is 11.1 Å². The maximum absolute atomic E-state index is 12.2. The van der Waals surface area contributed by atoms with Crippen molar-refractivity contribution in [2.24, 2.45) is 0 Å². The van der Waals surface area contributed by atoms with E-state index < -0.39 is 5.91 Å². The van der Waals surface area contributed by atoms with Crippen molar-refractivity contribution in [2.45, 2.75) is 0 Å². The first-order valence-electron chi connectivity index (χ1n) is 5.85. The Labute approximate surface area is 119 Å². The van der Waals surface area contributed by atoms with Crippen molar-refractivity contribution >= 4 is 40.0 Å². The second-order valence-corrected chi connectivity index (χ2v) is 4.60. The Morgan fingerprint density at radius 3 is 2.90 bits per heavy atom. The van der Waals surface area contributed by atoms with Crippen LogP contribution in [0.4, 0.5) is 11.4 Å². The van der Waals surface area contributed by atoms with Crippen molar-refractivity contribution in [1.29, 1.82) is 0 Å². The van der Waals surface area contributed by atoms with Gasteiger partial charge in [-0.2, -0.15) is 0 Å². The van der Waals surface area contributed by atoms with Gasteiger partial charge in [-0.05, 0) is 30.3 Å². The molecule has 20 heavy (non-hydrogen) atoms. The Morgan fingerprint density at radius 2 is 2.15 bits per heavy atom. The number of rotatable bonds is 2. The quantitative estimate of drug-likeness (QED) is 0.757. The number of carbonyl (C=O) groups is 1. The van der Waals surface area contributed by atoms with Crippen molar-refractivity contribution in [1.82, 2.24) is 4.98 Å². The Kier molecular flexibility index (Phi) is 3.04. The third kappa shape index (κ3) is 2.19. The molecule has 100 valence electrons. The minimum Gasteiger partial charge on any atom is -0.447 e.